The molecular weight excluding hydrogens is 448 g/mol. The molecule has 2 amide bonds. The molecule has 1 saturated heterocycles. The predicted molar refractivity (Wildman–Crippen MR) is 137 cm³/mol. The number of carbonyl (C=O) groups is 2. The minimum Gasteiger partial charge on any atom is -0.497 e. The minimum absolute atomic E-state index is 0.0940. The number of thioether (sulfide) groups is 1. The molecule has 0 bridgehead atoms. The van der Waals surface area contributed by atoms with E-state index in [9.17, 15) is 9.59 Å². The lowest BCUT2D eigenvalue weighted by atomic mass is 10.1. The van der Waals surface area contributed by atoms with Gasteiger partial charge in [0.05, 0.1) is 20.0 Å². The number of rotatable bonds is 8. The van der Waals surface area contributed by atoms with E-state index in [-0.39, 0.29) is 17.2 Å². The van der Waals surface area contributed by atoms with Crippen LogP contribution in [-0.2, 0) is 11.2 Å². The van der Waals surface area contributed by atoms with Crippen LogP contribution in [0.2, 0.25) is 0 Å². The van der Waals surface area contributed by atoms with Crippen LogP contribution in [-0.4, -0.2) is 31.8 Å². The van der Waals surface area contributed by atoms with E-state index >= 15 is 0 Å². The van der Waals surface area contributed by atoms with Gasteiger partial charge >= 0.3 is 0 Å². The van der Waals surface area contributed by atoms with Crippen LogP contribution >= 0.6 is 11.8 Å². The second-order valence-corrected chi connectivity index (χ2v) is 9.06. The van der Waals surface area contributed by atoms with E-state index in [1.54, 1.807) is 44.2 Å². The van der Waals surface area contributed by atoms with Gasteiger partial charge in [-0.25, -0.2) is 0 Å². The lowest BCUT2D eigenvalue weighted by molar-refractivity contribution is -0.115. The molecule has 0 unspecified atom stereocenters. The molecule has 0 radical (unpaired) electrons. The summed E-state index contributed by atoms with van der Waals surface area (Å²) < 4.78 is 10.5. The highest BCUT2D eigenvalue weighted by atomic mass is 32.2. The lowest BCUT2D eigenvalue weighted by Crippen LogP contribution is -2.28. The molecular formula is C27H28N2O4S. The van der Waals surface area contributed by atoms with Crippen LogP contribution in [0.25, 0.3) is 0 Å². The van der Waals surface area contributed by atoms with Crippen molar-refractivity contribution in [1.29, 1.82) is 0 Å². The van der Waals surface area contributed by atoms with Crippen LogP contribution in [0, 0.1) is 0 Å². The monoisotopic (exact) mass is 476 g/mol. The third kappa shape index (κ3) is 5.04. The molecule has 7 heteroatoms. The standard InChI is InChI=1S/C27H28N2O4S/c1-4-8-18-9-5-6-12-24(18)29-25(30)17-34-27(29)19-10-7-11-21(13-19)28-26(31)20-14-22(32-2)16-23(15-20)33-3/h5-7,9-16,27H,4,8,17H2,1-3H3,(H,28,31)/t27-/m1/s1. The molecule has 0 aromatic heterocycles. The van der Waals surface area contributed by atoms with Crippen molar-refractivity contribution in [2.24, 2.45) is 0 Å². The van der Waals surface area contributed by atoms with Gasteiger partial charge in [-0.2, -0.15) is 0 Å². The number of nitrogens with zero attached hydrogens (tertiary/aromatic N) is 1. The van der Waals surface area contributed by atoms with Crippen molar-refractivity contribution in [3.8, 4) is 11.5 Å². The Labute approximate surface area is 204 Å². The number of para-hydroxylation sites is 1. The largest absolute Gasteiger partial charge is 0.497 e. The van der Waals surface area contributed by atoms with Crippen LogP contribution in [0.4, 0.5) is 11.4 Å². The van der Waals surface area contributed by atoms with Gasteiger partial charge in [0.1, 0.15) is 16.9 Å². The average Bonchev–Trinajstić information content (AvgIpc) is 3.25. The molecule has 3 aromatic rings. The van der Waals surface area contributed by atoms with Gasteiger partial charge in [-0.15, -0.1) is 11.8 Å². The van der Waals surface area contributed by atoms with Crippen LogP contribution in [0.15, 0.2) is 66.7 Å². The Balaban J connectivity index is 1.60. The molecule has 176 valence electrons. The summed E-state index contributed by atoms with van der Waals surface area (Å²) in [6.07, 6.45) is 1.92. The molecule has 6 nitrogen and oxygen atoms in total. The van der Waals surface area contributed by atoms with Crippen LogP contribution in [0.3, 0.4) is 0 Å². The lowest BCUT2D eigenvalue weighted by Gasteiger charge is -2.27. The number of hydrogen-bond acceptors (Lipinski definition) is 5. The number of carbonyl (C=O) groups excluding carboxylic acids is 2. The average molecular weight is 477 g/mol. The second kappa shape index (κ2) is 10.7. The number of hydrogen-bond donors (Lipinski definition) is 1. The summed E-state index contributed by atoms with van der Waals surface area (Å²) in [7, 11) is 3.09. The molecule has 3 aromatic carbocycles. The highest BCUT2D eigenvalue weighted by Crippen LogP contribution is 2.43. The van der Waals surface area contributed by atoms with Crippen molar-refractivity contribution in [3.63, 3.8) is 0 Å². The Morgan fingerprint density at radius 2 is 1.76 bits per heavy atom. The number of nitrogens with one attached hydrogen (secondary N) is 1. The van der Waals surface area contributed by atoms with Gasteiger partial charge in [0.15, 0.2) is 0 Å². The van der Waals surface area contributed by atoms with Gasteiger partial charge < -0.3 is 14.8 Å². The van der Waals surface area contributed by atoms with E-state index in [1.807, 2.05) is 47.4 Å². The molecule has 0 spiro atoms. The molecule has 1 aliphatic heterocycles. The Kier molecular flexibility index (Phi) is 7.43. The first-order chi connectivity index (χ1) is 16.5. The van der Waals surface area contributed by atoms with Gasteiger partial charge in [0.25, 0.3) is 5.91 Å². The van der Waals surface area contributed by atoms with E-state index in [0.29, 0.717) is 28.5 Å². The SMILES string of the molecule is CCCc1ccccc1N1C(=O)CS[C@@H]1c1cccc(NC(=O)c2cc(OC)cc(OC)c2)c1. The minimum atomic E-state index is -0.269. The number of ether oxygens (including phenoxy) is 2. The summed E-state index contributed by atoms with van der Waals surface area (Å²) in [6, 6.07) is 20.8. The Bertz CT molecular complexity index is 1170. The second-order valence-electron chi connectivity index (χ2n) is 7.99. The van der Waals surface area contributed by atoms with Crippen LogP contribution < -0.4 is 19.7 Å². The van der Waals surface area contributed by atoms with E-state index in [2.05, 4.69) is 18.3 Å². The number of amides is 2. The normalized spacial score (nSPS) is 15.3. The number of methoxy groups -OCH3 is 2. The third-order valence-electron chi connectivity index (χ3n) is 5.68. The summed E-state index contributed by atoms with van der Waals surface area (Å²) in [5, 5.41) is 2.81. The van der Waals surface area contributed by atoms with Crippen molar-refractivity contribution >= 4 is 35.0 Å². The summed E-state index contributed by atoms with van der Waals surface area (Å²) in [5.74, 6) is 1.33. The fraction of sp³-hybridized carbons (Fsp3) is 0.259. The maximum Gasteiger partial charge on any atom is 0.255 e. The molecule has 4 rings (SSSR count). The molecule has 1 N–H and O–H groups in total. The van der Waals surface area contributed by atoms with E-state index < -0.39 is 0 Å². The van der Waals surface area contributed by atoms with Crippen molar-refractivity contribution in [3.05, 3.63) is 83.4 Å². The fourth-order valence-electron chi connectivity index (χ4n) is 4.07. The molecule has 34 heavy (non-hydrogen) atoms. The fourth-order valence-corrected chi connectivity index (χ4v) is 5.23. The summed E-state index contributed by atoms with van der Waals surface area (Å²) in [6.45, 7) is 2.14. The summed E-state index contributed by atoms with van der Waals surface area (Å²) >= 11 is 1.60. The topological polar surface area (TPSA) is 67.9 Å². The Morgan fingerprint density at radius 3 is 2.47 bits per heavy atom. The van der Waals surface area contributed by atoms with Crippen molar-refractivity contribution < 1.29 is 19.1 Å². The highest BCUT2D eigenvalue weighted by molar-refractivity contribution is 8.00. The Morgan fingerprint density at radius 1 is 1.03 bits per heavy atom. The van der Waals surface area contributed by atoms with E-state index in [4.69, 9.17) is 9.47 Å². The Hall–Kier alpha value is -3.45. The molecule has 1 heterocycles. The maximum absolute atomic E-state index is 12.9. The first kappa shape index (κ1) is 23.7. The zero-order valence-corrected chi connectivity index (χ0v) is 20.4. The van der Waals surface area contributed by atoms with Gasteiger partial charge in [-0.3, -0.25) is 14.5 Å². The first-order valence-electron chi connectivity index (χ1n) is 11.2. The number of benzene rings is 3. The third-order valence-corrected chi connectivity index (χ3v) is 6.89. The highest BCUT2D eigenvalue weighted by Gasteiger charge is 2.35. The van der Waals surface area contributed by atoms with E-state index in [1.165, 1.54) is 5.56 Å². The number of aryl methyl sites for hydroxylation is 1. The van der Waals surface area contributed by atoms with E-state index in [0.717, 1.165) is 24.1 Å². The molecule has 1 atom stereocenters. The smallest absolute Gasteiger partial charge is 0.255 e. The maximum atomic E-state index is 12.9. The van der Waals surface area contributed by atoms with Crippen LogP contribution in [0.5, 0.6) is 11.5 Å². The molecule has 1 aliphatic rings. The first-order valence-corrected chi connectivity index (χ1v) is 12.2. The van der Waals surface area contributed by atoms with Crippen molar-refractivity contribution in [1.82, 2.24) is 0 Å². The number of anilines is 2. The predicted octanol–water partition coefficient (Wildman–Crippen LogP) is 5.69. The molecule has 0 saturated carbocycles. The quantitative estimate of drug-likeness (QED) is 0.453. The van der Waals surface area contributed by atoms with Gasteiger partial charge in [-0.1, -0.05) is 43.7 Å². The summed E-state index contributed by atoms with van der Waals surface area (Å²) in [5.41, 5.74) is 4.18. The van der Waals surface area contributed by atoms with Crippen molar-refractivity contribution in [2.75, 3.05) is 30.2 Å². The zero-order valence-electron chi connectivity index (χ0n) is 19.5. The van der Waals surface area contributed by atoms with Crippen molar-refractivity contribution in [2.45, 2.75) is 25.1 Å². The van der Waals surface area contributed by atoms with Crippen LogP contribution in [0.1, 0.15) is 40.2 Å². The molecule has 0 aliphatic carbocycles. The van der Waals surface area contributed by atoms with Gasteiger partial charge in [0.2, 0.25) is 5.91 Å². The molecule has 1 fully saturated rings. The van der Waals surface area contributed by atoms with Gasteiger partial charge in [0, 0.05) is 23.0 Å². The zero-order chi connectivity index (χ0) is 24.1. The van der Waals surface area contributed by atoms with Gasteiger partial charge in [-0.05, 0) is 47.9 Å². The summed E-state index contributed by atoms with van der Waals surface area (Å²) in [4.78, 5) is 27.7.